The maximum atomic E-state index is 15.7. The van der Waals surface area contributed by atoms with Crippen molar-refractivity contribution in [3.8, 4) is 0 Å². The molecule has 2 aromatic heterocycles. The first-order valence-corrected chi connectivity index (χ1v) is 20.7. The Morgan fingerprint density at radius 1 is 0.900 bits per heavy atom. The fourth-order valence-corrected chi connectivity index (χ4v) is 8.74. The van der Waals surface area contributed by atoms with Crippen LogP contribution in [0.1, 0.15) is 59.4 Å². The number of benzene rings is 1. The van der Waals surface area contributed by atoms with Crippen LogP contribution in [0.25, 0.3) is 0 Å². The van der Waals surface area contributed by atoms with Crippen LogP contribution in [0.4, 0.5) is 38.1 Å². The molecule has 0 aliphatic carbocycles. The number of amides is 6. The molecule has 2 unspecified atom stereocenters. The molecule has 5 fully saturated rings. The number of pyridine rings is 1. The molecular formula is C40H51FN14O5. The lowest BCUT2D eigenvalue weighted by atomic mass is 9.96. The summed E-state index contributed by atoms with van der Waals surface area (Å²) in [6, 6.07) is 7.66. The zero-order valence-corrected chi connectivity index (χ0v) is 33.7. The van der Waals surface area contributed by atoms with E-state index in [1.807, 2.05) is 20.8 Å². The van der Waals surface area contributed by atoms with Crippen molar-refractivity contribution in [2.75, 3.05) is 99.1 Å². The number of likely N-dealkylation sites (N-methyl/N-ethyl adjacent to an activating group) is 1. The third-order valence-electron chi connectivity index (χ3n) is 12.2. The number of urea groups is 1. The third kappa shape index (κ3) is 9.02. The Balaban J connectivity index is 0.805. The zero-order valence-electron chi connectivity index (χ0n) is 33.7. The van der Waals surface area contributed by atoms with Gasteiger partial charge in [0.25, 0.3) is 11.8 Å². The van der Waals surface area contributed by atoms with Crippen molar-refractivity contribution in [2.24, 2.45) is 11.7 Å². The fraction of sp³-hybridized carbons (Fsp3) is 0.525. The number of aromatic nitrogens is 4. The number of halogens is 1. The van der Waals surface area contributed by atoms with Crippen LogP contribution in [0.2, 0.25) is 0 Å². The van der Waals surface area contributed by atoms with Crippen LogP contribution < -0.4 is 36.4 Å². The van der Waals surface area contributed by atoms with Gasteiger partial charge in [0, 0.05) is 97.3 Å². The molecule has 8 rings (SSSR count). The quantitative estimate of drug-likeness (QED) is 0.200. The molecule has 20 heteroatoms. The van der Waals surface area contributed by atoms with Crippen molar-refractivity contribution in [1.82, 2.24) is 45.5 Å². The van der Waals surface area contributed by atoms with Gasteiger partial charge in [-0.1, -0.05) is 0 Å². The van der Waals surface area contributed by atoms with Crippen LogP contribution >= 0.6 is 0 Å². The van der Waals surface area contributed by atoms with Crippen LogP contribution in [0.5, 0.6) is 0 Å². The molecule has 5 aliphatic rings. The van der Waals surface area contributed by atoms with Crippen molar-refractivity contribution < 1.29 is 28.4 Å². The van der Waals surface area contributed by atoms with Crippen LogP contribution in [0.15, 0.2) is 36.5 Å². The van der Waals surface area contributed by atoms with Gasteiger partial charge >= 0.3 is 6.03 Å². The van der Waals surface area contributed by atoms with E-state index >= 15 is 4.39 Å². The Labute approximate surface area is 346 Å². The van der Waals surface area contributed by atoms with Gasteiger partial charge in [-0.05, 0) is 68.4 Å². The van der Waals surface area contributed by atoms with Crippen molar-refractivity contribution >= 4 is 58.6 Å². The molecule has 5 aliphatic heterocycles. The first-order valence-electron chi connectivity index (χ1n) is 20.7. The molecule has 5 N–H and O–H groups in total. The van der Waals surface area contributed by atoms with Gasteiger partial charge in [0.1, 0.15) is 17.7 Å². The van der Waals surface area contributed by atoms with Crippen LogP contribution in [-0.2, 0) is 9.59 Å². The van der Waals surface area contributed by atoms with Crippen LogP contribution in [-0.4, -0.2) is 156 Å². The molecule has 7 heterocycles. The summed E-state index contributed by atoms with van der Waals surface area (Å²) in [4.78, 5) is 82.4. The molecule has 6 amide bonds. The first-order chi connectivity index (χ1) is 29.0. The Bertz CT molecular complexity index is 2110. The minimum Gasteiger partial charge on any atom is -0.367 e. The molecule has 0 spiro atoms. The second-order valence-electron chi connectivity index (χ2n) is 16.2. The van der Waals surface area contributed by atoms with Gasteiger partial charge in [-0.15, -0.1) is 10.2 Å². The molecule has 1 aromatic carbocycles. The predicted molar refractivity (Wildman–Crippen MR) is 219 cm³/mol. The predicted octanol–water partition coefficient (Wildman–Crippen LogP) is 1.16. The summed E-state index contributed by atoms with van der Waals surface area (Å²) in [6.07, 6.45) is 5.68. The Morgan fingerprint density at radius 2 is 1.70 bits per heavy atom. The summed E-state index contributed by atoms with van der Waals surface area (Å²) in [5.41, 5.74) is 6.71. The second kappa shape index (κ2) is 17.6. The summed E-state index contributed by atoms with van der Waals surface area (Å²) in [7, 11) is 1.80. The minimum atomic E-state index is -0.813. The van der Waals surface area contributed by atoms with Gasteiger partial charge in [0.2, 0.25) is 17.8 Å². The lowest BCUT2D eigenvalue weighted by Gasteiger charge is -2.40. The zero-order chi connectivity index (χ0) is 41.9. The molecule has 3 aromatic rings. The van der Waals surface area contributed by atoms with Gasteiger partial charge in [0.15, 0.2) is 11.5 Å². The number of nitrogens with zero attached hydrogens (tertiary/aromatic N) is 10. The molecule has 0 radical (unpaired) electrons. The summed E-state index contributed by atoms with van der Waals surface area (Å²) in [5, 5.41) is 16.3. The third-order valence-corrected chi connectivity index (χ3v) is 12.2. The second-order valence-corrected chi connectivity index (χ2v) is 16.2. The molecule has 0 bridgehead atoms. The number of hydrogen-bond donors (Lipinski definition) is 4. The van der Waals surface area contributed by atoms with Crippen LogP contribution in [0.3, 0.4) is 0 Å². The highest BCUT2D eigenvalue weighted by Gasteiger charge is 2.35. The number of hydrogen-bond acceptors (Lipinski definition) is 14. The molecule has 19 nitrogen and oxygen atoms in total. The normalized spacial score (nSPS) is 22.0. The van der Waals surface area contributed by atoms with E-state index in [1.165, 1.54) is 12.3 Å². The molecule has 2 atom stereocenters. The Morgan fingerprint density at radius 3 is 2.38 bits per heavy atom. The van der Waals surface area contributed by atoms with E-state index in [9.17, 15) is 24.0 Å². The van der Waals surface area contributed by atoms with Crippen molar-refractivity contribution in [1.29, 1.82) is 0 Å². The highest BCUT2D eigenvalue weighted by Crippen LogP contribution is 2.29. The van der Waals surface area contributed by atoms with Gasteiger partial charge in [-0.2, -0.15) is 4.98 Å². The maximum absolute atomic E-state index is 15.7. The van der Waals surface area contributed by atoms with Crippen molar-refractivity contribution in [2.45, 2.75) is 50.6 Å². The molecule has 0 saturated carbocycles. The van der Waals surface area contributed by atoms with Crippen LogP contribution in [0, 0.1) is 11.7 Å². The molecule has 60 heavy (non-hydrogen) atoms. The van der Waals surface area contributed by atoms with Gasteiger partial charge < -0.3 is 40.9 Å². The summed E-state index contributed by atoms with van der Waals surface area (Å²) >= 11 is 0. The maximum Gasteiger partial charge on any atom is 0.320 e. The number of imide groups is 1. The standard InChI is InChI=1S/C40H51FN14O5/c1-50-15-20-55(40(50)60)28-3-2-12-54(24-28)39-47-36(34(35(42)57)48-49-39)44-27-5-7-31(29(41)21-27)52-18-16-51(17-19-52)23-25-10-13-53(14-11-25)32-8-4-26(22-43-32)37(58)45-30-6-9-33(56)46-38(30)59/h4-5,7-8,21-22,25,28,30H,2-3,6,9-20,23-24H2,1H3,(H2,42,57)(H,45,58)(H,44,47,49)(H,46,56,59). The van der Waals surface area contributed by atoms with E-state index in [2.05, 4.69) is 45.9 Å². The molecular weight excluding hydrogens is 776 g/mol. The monoisotopic (exact) mass is 826 g/mol. The van der Waals surface area contributed by atoms with Crippen molar-refractivity contribution in [3.63, 3.8) is 0 Å². The van der Waals surface area contributed by atoms with E-state index in [0.29, 0.717) is 68.1 Å². The molecule has 318 valence electrons. The number of nitrogens with two attached hydrogens (primary N) is 1. The number of carbonyl (C=O) groups is 5. The summed E-state index contributed by atoms with van der Waals surface area (Å²) < 4.78 is 15.7. The van der Waals surface area contributed by atoms with E-state index < -0.39 is 29.6 Å². The molecule has 5 saturated heterocycles. The SMILES string of the molecule is CN1CCN(C2CCCN(c3nnc(C(N)=O)c(Nc4ccc(N5CCN(CC6CCN(c7ccc(C(=O)NC8CCC(=O)NC8=O)cn7)CC6)CC5)c(F)c4)n3)C2)C1=O. The summed E-state index contributed by atoms with van der Waals surface area (Å²) in [5.74, 6) is -0.749. The smallest absolute Gasteiger partial charge is 0.320 e. The lowest BCUT2D eigenvalue weighted by molar-refractivity contribution is -0.134. The average molecular weight is 827 g/mol. The Hall–Kier alpha value is -6.18. The number of carbonyl (C=O) groups excluding carboxylic acids is 5. The fourth-order valence-electron chi connectivity index (χ4n) is 8.74. The number of piperazine rings is 1. The largest absolute Gasteiger partial charge is 0.367 e. The van der Waals surface area contributed by atoms with E-state index in [-0.39, 0.29) is 42.3 Å². The van der Waals surface area contributed by atoms with E-state index in [4.69, 9.17) is 5.73 Å². The topological polar surface area (TPSA) is 218 Å². The first kappa shape index (κ1) is 40.6. The average Bonchev–Trinajstić information content (AvgIpc) is 3.59. The van der Waals surface area contributed by atoms with Gasteiger partial charge in [-0.25, -0.2) is 14.2 Å². The van der Waals surface area contributed by atoms with Gasteiger partial charge in [-0.3, -0.25) is 29.4 Å². The van der Waals surface area contributed by atoms with Crippen molar-refractivity contribution in [3.05, 3.63) is 53.6 Å². The van der Waals surface area contributed by atoms with E-state index in [0.717, 1.165) is 64.2 Å². The minimum absolute atomic E-state index is 0.00383. The lowest BCUT2D eigenvalue weighted by Crippen LogP contribution is -2.52. The Kier molecular flexibility index (Phi) is 11.9. The number of anilines is 5. The number of rotatable bonds is 11. The highest BCUT2D eigenvalue weighted by molar-refractivity contribution is 6.03. The number of nitrogens with one attached hydrogen (secondary N) is 3. The highest BCUT2D eigenvalue weighted by atomic mass is 19.1. The number of piperidine rings is 3. The van der Waals surface area contributed by atoms with Gasteiger partial charge in [0.05, 0.1) is 17.3 Å². The summed E-state index contributed by atoms with van der Waals surface area (Å²) in [6.45, 7) is 8.16. The van der Waals surface area contributed by atoms with E-state index in [1.54, 1.807) is 30.1 Å². The number of primary amides is 1.